The molecule has 4 rings (SSSR count). The van der Waals surface area contributed by atoms with E-state index < -0.39 is 23.3 Å². The summed E-state index contributed by atoms with van der Waals surface area (Å²) in [6, 6.07) is 8.46. The highest BCUT2D eigenvalue weighted by molar-refractivity contribution is 5.27. The van der Waals surface area contributed by atoms with E-state index >= 15 is 0 Å². The molecule has 160 valence electrons. The molecular weight excluding hydrogens is 407 g/mol. The Kier molecular flexibility index (Phi) is 5.60. The van der Waals surface area contributed by atoms with E-state index in [9.17, 15) is 18.3 Å². The first-order valence-corrected chi connectivity index (χ1v) is 9.63. The lowest BCUT2D eigenvalue weighted by molar-refractivity contribution is -0.0369. The molecule has 0 fully saturated rings. The Bertz CT molecular complexity index is 1160. The molecule has 6 nitrogen and oxygen atoms in total. The molecule has 0 aliphatic rings. The molecular formula is C22H20F3N5O. The van der Waals surface area contributed by atoms with Gasteiger partial charge in [-0.25, -0.2) is 22.8 Å². The summed E-state index contributed by atoms with van der Waals surface area (Å²) in [5, 5.41) is 20.0. The van der Waals surface area contributed by atoms with Crippen LogP contribution in [0.15, 0.2) is 67.5 Å². The molecule has 1 N–H and O–H groups in total. The number of benzene rings is 2. The Morgan fingerprint density at radius 3 is 2.42 bits per heavy atom. The predicted molar refractivity (Wildman–Crippen MR) is 106 cm³/mol. The fourth-order valence-corrected chi connectivity index (χ4v) is 3.58. The van der Waals surface area contributed by atoms with Gasteiger partial charge in [0, 0.05) is 24.2 Å². The number of hydrogen-bond donors (Lipinski definition) is 1. The van der Waals surface area contributed by atoms with Gasteiger partial charge in [-0.2, -0.15) is 10.2 Å². The number of aliphatic hydroxyl groups is 1. The normalized spacial score (nSPS) is 14.4. The highest BCUT2D eigenvalue weighted by Gasteiger charge is 2.40. The zero-order valence-corrected chi connectivity index (χ0v) is 16.7. The molecule has 2 heterocycles. The molecule has 0 amide bonds. The highest BCUT2D eigenvalue weighted by atomic mass is 19.1. The van der Waals surface area contributed by atoms with Crippen LogP contribution >= 0.6 is 0 Å². The number of nitrogens with zero attached hydrogens (tertiary/aromatic N) is 5. The second-order valence-corrected chi connectivity index (χ2v) is 7.45. The molecule has 0 saturated carbocycles. The Hall–Kier alpha value is -3.46. The van der Waals surface area contributed by atoms with Crippen molar-refractivity contribution in [1.29, 1.82) is 0 Å². The first kappa shape index (κ1) is 20.8. The molecule has 0 bridgehead atoms. The van der Waals surface area contributed by atoms with Crippen molar-refractivity contribution in [2.45, 2.75) is 31.5 Å². The lowest BCUT2D eigenvalue weighted by atomic mass is 9.86. The van der Waals surface area contributed by atoms with Crippen molar-refractivity contribution in [1.82, 2.24) is 24.5 Å². The van der Waals surface area contributed by atoms with Crippen molar-refractivity contribution in [3.8, 4) is 0 Å². The Labute approximate surface area is 176 Å². The summed E-state index contributed by atoms with van der Waals surface area (Å²) < 4.78 is 44.2. The SMILES string of the molecule is C[C@@H](n1cc(Cc2ccc(F)cc2)cn1)[C@](O)(Cn1cncn1)c1ccc(F)cc1F. The summed E-state index contributed by atoms with van der Waals surface area (Å²) in [6.45, 7) is 1.57. The van der Waals surface area contributed by atoms with E-state index in [1.165, 1.54) is 40.2 Å². The van der Waals surface area contributed by atoms with Crippen molar-refractivity contribution in [2.24, 2.45) is 0 Å². The molecule has 0 aliphatic carbocycles. The first-order chi connectivity index (χ1) is 14.8. The summed E-state index contributed by atoms with van der Waals surface area (Å²) in [6.07, 6.45) is 6.60. The number of aromatic nitrogens is 5. The summed E-state index contributed by atoms with van der Waals surface area (Å²) in [4.78, 5) is 3.86. The standard InChI is InChI=1S/C22H20F3N5O/c1-15(30-11-17(10-27-30)8-16-2-4-18(23)5-3-16)22(31,12-29-14-26-13-28-29)20-7-6-19(24)9-21(20)25/h2-7,9-11,13-15,31H,8,12H2,1H3/t15-,22-/m1/s1. The van der Waals surface area contributed by atoms with Crippen molar-refractivity contribution in [3.05, 3.63) is 102 Å². The minimum atomic E-state index is -1.80. The zero-order valence-electron chi connectivity index (χ0n) is 16.7. The third-order valence-electron chi connectivity index (χ3n) is 5.33. The van der Waals surface area contributed by atoms with Crippen LogP contribution in [-0.2, 0) is 18.6 Å². The zero-order chi connectivity index (χ0) is 22.0. The van der Waals surface area contributed by atoms with Gasteiger partial charge in [-0.1, -0.05) is 18.2 Å². The molecule has 0 aliphatic heterocycles. The van der Waals surface area contributed by atoms with Crippen LogP contribution in [0.25, 0.3) is 0 Å². The molecule has 2 aromatic carbocycles. The number of halogens is 3. The van der Waals surface area contributed by atoms with E-state index in [0.29, 0.717) is 6.42 Å². The summed E-state index contributed by atoms with van der Waals surface area (Å²) in [5.74, 6) is -1.92. The van der Waals surface area contributed by atoms with Crippen molar-refractivity contribution >= 4 is 0 Å². The highest BCUT2D eigenvalue weighted by Crippen LogP contribution is 2.36. The van der Waals surface area contributed by atoms with Gasteiger partial charge in [0.15, 0.2) is 0 Å². The molecule has 2 atom stereocenters. The maximum atomic E-state index is 14.7. The second kappa shape index (κ2) is 8.35. The minimum absolute atomic E-state index is 0.0764. The fraction of sp³-hybridized carbons (Fsp3) is 0.227. The second-order valence-electron chi connectivity index (χ2n) is 7.45. The van der Waals surface area contributed by atoms with Gasteiger partial charge in [0.05, 0.1) is 18.8 Å². The minimum Gasteiger partial charge on any atom is -0.381 e. The molecule has 0 spiro atoms. The smallest absolute Gasteiger partial charge is 0.137 e. The van der Waals surface area contributed by atoms with Gasteiger partial charge >= 0.3 is 0 Å². The lowest BCUT2D eigenvalue weighted by Crippen LogP contribution is -2.40. The third-order valence-corrected chi connectivity index (χ3v) is 5.33. The van der Waals surface area contributed by atoms with Crippen molar-refractivity contribution in [2.75, 3.05) is 0 Å². The van der Waals surface area contributed by atoms with Crippen LogP contribution in [0.2, 0.25) is 0 Å². The quantitative estimate of drug-likeness (QED) is 0.489. The largest absolute Gasteiger partial charge is 0.381 e. The maximum Gasteiger partial charge on any atom is 0.137 e. The Morgan fingerprint density at radius 1 is 1.00 bits per heavy atom. The van der Waals surface area contributed by atoms with E-state index in [-0.39, 0.29) is 17.9 Å². The van der Waals surface area contributed by atoms with Gasteiger partial charge in [-0.05, 0) is 36.2 Å². The molecule has 0 saturated heterocycles. The topological polar surface area (TPSA) is 68.8 Å². The van der Waals surface area contributed by atoms with Gasteiger partial charge in [0.1, 0.15) is 35.7 Å². The first-order valence-electron chi connectivity index (χ1n) is 9.63. The van der Waals surface area contributed by atoms with Crippen LogP contribution in [-0.4, -0.2) is 29.7 Å². The monoisotopic (exact) mass is 427 g/mol. The van der Waals surface area contributed by atoms with Gasteiger partial charge in [-0.3, -0.25) is 4.68 Å². The van der Waals surface area contributed by atoms with Crippen LogP contribution < -0.4 is 0 Å². The van der Waals surface area contributed by atoms with Gasteiger partial charge < -0.3 is 5.11 Å². The fourth-order valence-electron chi connectivity index (χ4n) is 3.58. The van der Waals surface area contributed by atoms with Crippen LogP contribution in [0.4, 0.5) is 13.2 Å². The summed E-state index contributed by atoms with van der Waals surface area (Å²) in [7, 11) is 0. The summed E-state index contributed by atoms with van der Waals surface area (Å²) >= 11 is 0. The summed E-state index contributed by atoms with van der Waals surface area (Å²) in [5.41, 5.74) is -0.144. The number of rotatable bonds is 7. The van der Waals surface area contributed by atoms with Crippen molar-refractivity contribution < 1.29 is 18.3 Å². The van der Waals surface area contributed by atoms with E-state index in [1.807, 2.05) is 0 Å². The average molecular weight is 427 g/mol. The van der Waals surface area contributed by atoms with E-state index in [1.54, 1.807) is 31.5 Å². The molecule has 31 heavy (non-hydrogen) atoms. The lowest BCUT2D eigenvalue weighted by Gasteiger charge is -2.34. The van der Waals surface area contributed by atoms with E-state index in [2.05, 4.69) is 15.2 Å². The molecule has 0 unspecified atom stereocenters. The predicted octanol–water partition coefficient (Wildman–Crippen LogP) is 3.63. The molecule has 9 heteroatoms. The van der Waals surface area contributed by atoms with Crippen LogP contribution in [0.1, 0.15) is 29.7 Å². The van der Waals surface area contributed by atoms with Crippen LogP contribution in [0.3, 0.4) is 0 Å². The Balaban J connectivity index is 1.66. The Morgan fingerprint density at radius 2 is 1.74 bits per heavy atom. The molecule has 2 aromatic heterocycles. The van der Waals surface area contributed by atoms with Crippen LogP contribution in [0, 0.1) is 17.5 Å². The molecule has 4 aromatic rings. The number of hydrogen-bond acceptors (Lipinski definition) is 4. The maximum absolute atomic E-state index is 14.7. The van der Waals surface area contributed by atoms with E-state index in [0.717, 1.165) is 23.3 Å². The molecule has 0 radical (unpaired) electrons. The third kappa shape index (κ3) is 4.36. The van der Waals surface area contributed by atoms with Gasteiger partial charge in [0.25, 0.3) is 0 Å². The average Bonchev–Trinajstić information content (AvgIpc) is 3.41. The van der Waals surface area contributed by atoms with Crippen LogP contribution in [0.5, 0.6) is 0 Å². The van der Waals surface area contributed by atoms with Crippen molar-refractivity contribution in [3.63, 3.8) is 0 Å². The van der Waals surface area contributed by atoms with Gasteiger partial charge in [-0.15, -0.1) is 0 Å². The van der Waals surface area contributed by atoms with Gasteiger partial charge in [0.2, 0.25) is 0 Å². The van der Waals surface area contributed by atoms with E-state index in [4.69, 9.17) is 0 Å².